The fraction of sp³-hybridized carbons (Fsp3) is 0.444. The number of nitrogens with one attached hydrogen (secondary N) is 1. The molecule has 0 aliphatic carbocycles. The molecule has 0 fully saturated rings. The van der Waals surface area contributed by atoms with Gasteiger partial charge in [-0.3, -0.25) is 0 Å². The predicted molar refractivity (Wildman–Crippen MR) is 112 cm³/mol. The van der Waals surface area contributed by atoms with Gasteiger partial charge in [0, 0.05) is 18.0 Å². The van der Waals surface area contributed by atoms with Crippen molar-refractivity contribution in [2.45, 2.75) is 19.8 Å². The molecule has 3 N–H and O–H groups in total. The number of thiazole rings is 1. The van der Waals surface area contributed by atoms with E-state index in [-0.39, 0.29) is 13.2 Å². The van der Waals surface area contributed by atoms with E-state index < -0.39 is 10.0 Å². The van der Waals surface area contributed by atoms with Gasteiger partial charge in [-0.1, -0.05) is 6.92 Å². The van der Waals surface area contributed by atoms with Crippen LogP contribution in [0.4, 0.5) is 5.82 Å². The normalized spacial score (nSPS) is 12.1. The van der Waals surface area contributed by atoms with Crippen LogP contribution < -0.4 is 15.2 Å². The molecular weight excluding hydrogens is 400 g/mol. The van der Waals surface area contributed by atoms with E-state index in [0.29, 0.717) is 24.8 Å². The number of nitrogen functional groups attached to an aromatic ring is 1. The summed E-state index contributed by atoms with van der Waals surface area (Å²) in [6.07, 6.45) is 3.08. The number of rotatable bonds is 10. The molecule has 0 saturated carbocycles. The first kappa shape index (κ1) is 20.7. The molecule has 3 rings (SSSR count). The van der Waals surface area contributed by atoms with Gasteiger partial charge in [-0.05, 0) is 25.0 Å². The summed E-state index contributed by atoms with van der Waals surface area (Å²) in [5, 5.41) is 2.08. The summed E-state index contributed by atoms with van der Waals surface area (Å²) >= 11 is 1.66. The number of fused-ring (bicyclic) bond motifs is 3. The summed E-state index contributed by atoms with van der Waals surface area (Å²) in [7, 11) is -3.18. The monoisotopic (exact) mass is 424 g/mol. The Kier molecular flexibility index (Phi) is 6.65. The summed E-state index contributed by atoms with van der Waals surface area (Å²) in [4.78, 5) is 9.09. The molecule has 28 heavy (non-hydrogen) atoms. The second-order valence-corrected chi connectivity index (χ2v) is 9.26. The van der Waals surface area contributed by atoms with Crippen LogP contribution in [-0.2, 0) is 21.2 Å². The summed E-state index contributed by atoms with van der Waals surface area (Å²) in [5.74, 6) is 1.11. The summed E-state index contributed by atoms with van der Waals surface area (Å²) in [5.41, 5.74) is 7.64. The van der Waals surface area contributed by atoms with Crippen LogP contribution in [0.3, 0.4) is 0 Å². The molecule has 0 atom stereocenters. The van der Waals surface area contributed by atoms with E-state index in [2.05, 4.69) is 21.6 Å². The number of hydrogen-bond acceptors (Lipinski definition) is 8. The maximum absolute atomic E-state index is 10.9. The van der Waals surface area contributed by atoms with Gasteiger partial charge in [0.25, 0.3) is 0 Å². The van der Waals surface area contributed by atoms with E-state index in [1.54, 1.807) is 11.3 Å². The Labute approximate surface area is 168 Å². The van der Waals surface area contributed by atoms with Crippen LogP contribution >= 0.6 is 11.3 Å². The highest BCUT2D eigenvalue weighted by atomic mass is 32.2. The smallest absolute Gasteiger partial charge is 0.208 e. The number of aromatic nitrogens is 2. The van der Waals surface area contributed by atoms with Gasteiger partial charge in [0.1, 0.15) is 17.9 Å². The maximum Gasteiger partial charge on any atom is 0.208 e. The number of nitrogens with two attached hydrogens (primary N) is 1. The molecule has 1 aromatic carbocycles. The highest BCUT2D eigenvalue weighted by Gasteiger charge is 2.12. The molecule has 0 amide bonds. The minimum Gasteiger partial charge on any atom is -0.491 e. The molecule has 0 radical (unpaired) electrons. The minimum absolute atomic E-state index is 0.239. The van der Waals surface area contributed by atoms with Gasteiger partial charge >= 0.3 is 0 Å². The van der Waals surface area contributed by atoms with Crippen LogP contribution in [0.5, 0.6) is 5.75 Å². The van der Waals surface area contributed by atoms with Gasteiger partial charge in [-0.2, -0.15) is 0 Å². The molecule has 0 spiro atoms. The highest BCUT2D eigenvalue weighted by Crippen LogP contribution is 2.34. The zero-order valence-corrected chi connectivity index (χ0v) is 17.5. The van der Waals surface area contributed by atoms with Crippen LogP contribution in [0.2, 0.25) is 0 Å². The van der Waals surface area contributed by atoms with Gasteiger partial charge in [0.05, 0.1) is 34.7 Å². The Morgan fingerprint density at radius 1 is 1.21 bits per heavy atom. The van der Waals surface area contributed by atoms with E-state index in [9.17, 15) is 8.42 Å². The molecule has 0 bridgehead atoms. The summed E-state index contributed by atoms with van der Waals surface area (Å²) in [6, 6.07) is 5.73. The molecule has 10 heteroatoms. The fourth-order valence-corrected chi connectivity index (χ4v) is 4.39. The van der Waals surface area contributed by atoms with Gasteiger partial charge in [0.15, 0.2) is 5.82 Å². The lowest BCUT2D eigenvalue weighted by Gasteiger charge is -2.09. The van der Waals surface area contributed by atoms with Gasteiger partial charge in [-0.25, -0.2) is 23.1 Å². The zero-order valence-electron chi connectivity index (χ0n) is 15.9. The first-order chi connectivity index (χ1) is 13.4. The molecule has 3 aromatic rings. The lowest BCUT2D eigenvalue weighted by atomic mass is 10.2. The Hall–Kier alpha value is -2.01. The van der Waals surface area contributed by atoms with Crippen molar-refractivity contribution >= 4 is 48.3 Å². The van der Waals surface area contributed by atoms with Crippen LogP contribution in [-0.4, -0.2) is 51.0 Å². The fourth-order valence-electron chi connectivity index (χ4n) is 2.73. The van der Waals surface area contributed by atoms with E-state index in [1.807, 2.05) is 18.2 Å². The predicted octanol–water partition coefficient (Wildman–Crippen LogP) is 2.32. The van der Waals surface area contributed by atoms with Crippen molar-refractivity contribution in [2.24, 2.45) is 0 Å². The summed E-state index contributed by atoms with van der Waals surface area (Å²) in [6.45, 7) is 3.36. The van der Waals surface area contributed by atoms with Crippen LogP contribution in [0, 0.1) is 0 Å². The van der Waals surface area contributed by atoms with Gasteiger partial charge in [0.2, 0.25) is 10.0 Å². The van der Waals surface area contributed by atoms with Crippen LogP contribution in [0.1, 0.15) is 18.4 Å². The van der Waals surface area contributed by atoms with Crippen molar-refractivity contribution in [2.75, 3.05) is 38.4 Å². The number of hydrogen-bond donors (Lipinski definition) is 2. The molecule has 0 unspecified atom stereocenters. The van der Waals surface area contributed by atoms with E-state index >= 15 is 0 Å². The lowest BCUT2D eigenvalue weighted by molar-refractivity contribution is 0.104. The minimum atomic E-state index is -3.18. The average molecular weight is 425 g/mol. The number of sulfonamides is 1. The zero-order chi connectivity index (χ0) is 20.1. The number of ether oxygens (including phenoxy) is 2. The van der Waals surface area contributed by atoms with Crippen molar-refractivity contribution in [3.8, 4) is 5.75 Å². The number of aryl methyl sites for hydroxylation is 1. The molecule has 152 valence electrons. The number of benzene rings is 1. The van der Waals surface area contributed by atoms with Gasteiger partial charge in [-0.15, -0.1) is 11.3 Å². The Bertz CT molecular complexity index is 1070. The standard InChI is InChI=1S/C18H24N4O4S2/c1-3-4-15-22-16-17(27-15)13-6-5-12(11-14(13)21-18(16)19)26-10-9-25-8-7-20-28(2,23)24/h5-6,11,20H,3-4,7-10H2,1-2H3,(H2,19,21). The second-order valence-electron chi connectivity index (χ2n) is 6.34. The molecule has 2 aromatic heterocycles. The third kappa shape index (κ3) is 5.28. The Morgan fingerprint density at radius 3 is 2.79 bits per heavy atom. The van der Waals surface area contributed by atoms with Crippen molar-refractivity contribution in [1.82, 2.24) is 14.7 Å². The number of anilines is 1. The second kappa shape index (κ2) is 8.99. The van der Waals surface area contributed by atoms with E-state index in [0.717, 1.165) is 45.2 Å². The molecule has 0 saturated heterocycles. The lowest BCUT2D eigenvalue weighted by Crippen LogP contribution is -2.26. The SMILES string of the molecule is CCCc1nc2c(N)nc3cc(OCCOCCNS(C)(=O)=O)ccc3c2s1. The topological polar surface area (TPSA) is 116 Å². The number of nitrogens with zero attached hydrogens (tertiary/aromatic N) is 2. The van der Waals surface area contributed by atoms with Crippen molar-refractivity contribution in [1.29, 1.82) is 0 Å². The van der Waals surface area contributed by atoms with E-state index in [4.69, 9.17) is 15.2 Å². The Morgan fingerprint density at radius 2 is 2.04 bits per heavy atom. The quantitative estimate of drug-likeness (QED) is 0.480. The molecule has 2 heterocycles. The molecule has 0 aliphatic heterocycles. The van der Waals surface area contributed by atoms with E-state index in [1.165, 1.54) is 0 Å². The third-order valence-corrected chi connectivity index (χ3v) is 5.82. The molecule has 8 nitrogen and oxygen atoms in total. The Balaban J connectivity index is 1.62. The maximum atomic E-state index is 10.9. The first-order valence-electron chi connectivity index (χ1n) is 9.01. The van der Waals surface area contributed by atoms with Crippen molar-refractivity contribution in [3.63, 3.8) is 0 Å². The van der Waals surface area contributed by atoms with Crippen LogP contribution in [0.15, 0.2) is 18.2 Å². The number of pyridine rings is 1. The van der Waals surface area contributed by atoms with Gasteiger partial charge < -0.3 is 15.2 Å². The third-order valence-electron chi connectivity index (χ3n) is 3.94. The van der Waals surface area contributed by atoms with Crippen molar-refractivity contribution in [3.05, 3.63) is 23.2 Å². The molecular formula is C18H24N4O4S2. The first-order valence-corrected chi connectivity index (χ1v) is 11.7. The highest BCUT2D eigenvalue weighted by molar-refractivity contribution is 7.88. The average Bonchev–Trinajstić information content (AvgIpc) is 3.05. The largest absolute Gasteiger partial charge is 0.491 e. The van der Waals surface area contributed by atoms with Crippen molar-refractivity contribution < 1.29 is 17.9 Å². The van der Waals surface area contributed by atoms with Crippen LogP contribution in [0.25, 0.3) is 21.1 Å². The summed E-state index contributed by atoms with van der Waals surface area (Å²) < 4.78 is 36.3. The molecule has 0 aliphatic rings.